The molecule has 1 amide bonds. The molecule has 0 unspecified atom stereocenters. The molecule has 0 aliphatic heterocycles. The maximum absolute atomic E-state index is 13.4. The normalized spacial score (nSPS) is 11.4. The Balaban J connectivity index is 2.26. The Morgan fingerprint density at radius 2 is 2.00 bits per heavy atom. The molecule has 0 aliphatic rings. The first-order valence-corrected chi connectivity index (χ1v) is 7.15. The molecule has 0 atom stereocenters. The Morgan fingerprint density at radius 3 is 2.65 bits per heavy atom. The van der Waals surface area contributed by atoms with Gasteiger partial charge in [0.2, 0.25) is 5.91 Å². The van der Waals surface area contributed by atoms with Gasteiger partial charge >= 0.3 is 0 Å². The summed E-state index contributed by atoms with van der Waals surface area (Å²) in [5, 5.41) is 2.84. The third-order valence-corrected chi connectivity index (χ3v) is 3.52. The molecule has 0 bridgehead atoms. The van der Waals surface area contributed by atoms with Crippen molar-refractivity contribution in [3.05, 3.63) is 35.6 Å². The highest BCUT2D eigenvalue weighted by Gasteiger charge is 2.18. The second-order valence-corrected chi connectivity index (χ2v) is 5.89. The molecule has 112 valence electrons. The summed E-state index contributed by atoms with van der Waals surface area (Å²) >= 11 is 0. The molecule has 3 N–H and O–H groups in total. The average molecular weight is 280 g/mol. The van der Waals surface area contributed by atoms with Gasteiger partial charge in [0.25, 0.3) is 0 Å². The number of carbonyl (C=O) groups excluding carboxylic acids is 1. The molecule has 4 heteroatoms. The zero-order chi connectivity index (χ0) is 15.0. The SMILES string of the molecule is CC(C)(CCN)CCC(=O)NCCc1ccccc1F. The Labute approximate surface area is 120 Å². The van der Waals surface area contributed by atoms with Gasteiger partial charge in [0.1, 0.15) is 5.82 Å². The van der Waals surface area contributed by atoms with E-state index in [1.54, 1.807) is 18.2 Å². The van der Waals surface area contributed by atoms with Crippen LogP contribution in [0.4, 0.5) is 4.39 Å². The van der Waals surface area contributed by atoms with Crippen LogP contribution in [0.25, 0.3) is 0 Å². The first-order chi connectivity index (χ1) is 9.44. The standard InChI is InChI=1S/C16H25FN2O/c1-16(2,10-11-18)9-7-15(20)19-12-8-13-5-3-4-6-14(13)17/h3-6H,7-12,18H2,1-2H3,(H,19,20). The predicted octanol–water partition coefficient (Wildman–Crippen LogP) is 2.64. The van der Waals surface area contributed by atoms with Gasteiger partial charge in [-0.1, -0.05) is 32.0 Å². The molecular formula is C16H25FN2O. The van der Waals surface area contributed by atoms with Crippen molar-refractivity contribution in [1.29, 1.82) is 0 Å². The summed E-state index contributed by atoms with van der Waals surface area (Å²) in [6, 6.07) is 6.64. The van der Waals surface area contributed by atoms with Crippen LogP contribution in [0.2, 0.25) is 0 Å². The maximum atomic E-state index is 13.4. The Bertz CT molecular complexity index is 432. The number of halogens is 1. The van der Waals surface area contributed by atoms with Crippen molar-refractivity contribution in [2.24, 2.45) is 11.1 Å². The highest BCUT2D eigenvalue weighted by atomic mass is 19.1. The smallest absolute Gasteiger partial charge is 0.220 e. The van der Waals surface area contributed by atoms with Gasteiger partial charge in [-0.2, -0.15) is 0 Å². The number of benzene rings is 1. The summed E-state index contributed by atoms with van der Waals surface area (Å²) in [5.74, 6) is -0.197. The van der Waals surface area contributed by atoms with Gasteiger partial charge in [-0.05, 0) is 42.9 Å². The zero-order valence-electron chi connectivity index (χ0n) is 12.4. The minimum atomic E-state index is -0.217. The van der Waals surface area contributed by atoms with E-state index in [1.807, 2.05) is 0 Å². The van der Waals surface area contributed by atoms with Crippen molar-refractivity contribution < 1.29 is 9.18 Å². The first kappa shape index (κ1) is 16.6. The lowest BCUT2D eigenvalue weighted by Crippen LogP contribution is -2.27. The van der Waals surface area contributed by atoms with Crippen LogP contribution in [-0.2, 0) is 11.2 Å². The van der Waals surface area contributed by atoms with E-state index < -0.39 is 0 Å². The van der Waals surface area contributed by atoms with Crippen LogP contribution in [-0.4, -0.2) is 19.0 Å². The zero-order valence-corrected chi connectivity index (χ0v) is 12.4. The molecule has 0 aromatic heterocycles. The summed E-state index contributed by atoms with van der Waals surface area (Å²) in [7, 11) is 0. The van der Waals surface area contributed by atoms with Crippen LogP contribution in [0.15, 0.2) is 24.3 Å². The molecule has 0 radical (unpaired) electrons. The Morgan fingerprint density at radius 1 is 1.30 bits per heavy atom. The fraction of sp³-hybridized carbons (Fsp3) is 0.562. The van der Waals surface area contributed by atoms with Gasteiger partial charge in [0.05, 0.1) is 0 Å². The number of carbonyl (C=O) groups is 1. The van der Waals surface area contributed by atoms with Crippen LogP contribution in [0.3, 0.4) is 0 Å². The number of nitrogens with two attached hydrogens (primary N) is 1. The topological polar surface area (TPSA) is 55.1 Å². The van der Waals surface area contributed by atoms with Gasteiger partial charge in [0, 0.05) is 13.0 Å². The van der Waals surface area contributed by atoms with E-state index in [-0.39, 0.29) is 17.1 Å². The van der Waals surface area contributed by atoms with Crippen molar-refractivity contribution in [2.75, 3.05) is 13.1 Å². The molecule has 1 aromatic rings. The summed E-state index contributed by atoms with van der Waals surface area (Å²) < 4.78 is 13.4. The monoisotopic (exact) mass is 280 g/mol. The minimum Gasteiger partial charge on any atom is -0.356 e. The molecule has 20 heavy (non-hydrogen) atoms. The predicted molar refractivity (Wildman–Crippen MR) is 79.8 cm³/mol. The summed E-state index contributed by atoms with van der Waals surface area (Å²) in [6.07, 6.45) is 2.74. The fourth-order valence-electron chi connectivity index (χ4n) is 2.09. The van der Waals surface area contributed by atoms with E-state index in [1.165, 1.54) is 6.07 Å². The van der Waals surface area contributed by atoms with Gasteiger partial charge in [-0.25, -0.2) is 4.39 Å². The number of amides is 1. The van der Waals surface area contributed by atoms with E-state index in [9.17, 15) is 9.18 Å². The van der Waals surface area contributed by atoms with Crippen molar-refractivity contribution in [3.63, 3.8) is 0 Å². The third-order valence-electron chi connectivity index (χ3n) is 3.52. The largest absolute Gasteiger partial charge is 0.356 e. The number of rotatable bonds is 8. The Kier molecular flexibility index (Phi) is 6.65. The van der Waals surface area contributed by atoms with Crippen molar-refractivity contribution in [3.8, 4) is 0 Å². The molecule has 3 nitrogen and oxygen atoms in total. The van der Waals surface area contributed by atoms with E-state index >= 15 is 0 Å². The van der Waals surface area contributed by atoms with Crippen LogP contribution in [0.1, 0.15) is 38.7 Å². The van der Waals surface area contributed by atoms with Crippen LogP contribution in [0.5, 0.6) is 0 Å². The van der Waals surface area contributed by atoms with Crippen LogP contribution >= 0.6 is 0 Å². The highest BCUT2D eigenvalue weighted by Crippen LogP contribution is 2.25. The highest BCUT2D eigenvalue weighted by molar-refractivity contribution is 5.75. The second kappa shape index (κ2) is 8.00. The maximum Gasteiger partial charge on any atom is 0.220 e. The van der Waals surface area contributed by atoms with E-state index in [2.05, 4.69) is 19.2 Å². The number of nitrogens with one attached hydrogen (secondary N) is 1. The lowest BCUT2D eigenvalue weighted by molar-refractivity contribution is -0.121. The Hall–Kier alpha value is -1.42. The summed E-state index contributed by atoms with van der Waals surface area (Å²) in [6.45, 7) is 5.35. The molecular weight excluding hydrogens is 255 g/mol. The molecule has 1 rings (SSSR count). The van der Waals surface area contributed by atoms with Crippen molar-refractivity contribution >= 4 is 5.91 Å². The third kappa shape index (κ3) is 6.15. The van der Waals surface area contributed by atoms with E-state index in [0.29, 0.717) is 31.5 Å². The molecule has 0 saturated heterocycles. The molecule has 0 spiro atoms. The molecule has 1 aromatic carbocycles. The summed E-state index contributed by atoms with van der Waals surface area (Å²) in [5.41, 5.74) is 6.27. The van der Waals surface area contributed by atoms with Gasteiger partial charge in [-0.3, -0.25) is 4.79 Å². The number of hydrogen-bond acceptors (Lipinski definition) is 2. The van der Waals surface area contributed by atoms with E-state index in [0.717, 1.165) is 12.8 Å². The van der Waals surface area contributed by atoms with Crippen LogP contribution in [0, 0.1) is 11.2 Å². The molecule has 0 aliphatic carbocycles. The second-order valence-electron chi connectivity index (χ2n) is 5.89. The first-order valence-electron chi connectivity index (χ1n) is 7.15. The molecule has 0 heterocycles. The lowest BCUT2D eigenvalue weighted by atomic mass is 9.84. The fourth-order valence-corrected chi connectivity index (χ4v) is 2.09. The van der Waals surface area contributed by atoms with Gasteiger partial charge in [0.15, 0.2) is 0 Å². The molecule has 0 saturated carbocycles. The van der Waals surface area contributed by atoms with Gasteiger partial charge < -0.3 is 11.1 Å². The average Bonchev–Trinajstić information content (AvgIpc) is 2.39. The van der Waals surface area contributed by atoms with Crippen molar-refractivity contribution in [2.45, 2.75) is 39.5 Å². The summed E-state index contributed by atoms with van der Waals surface area (Å²) in [4.78, 5) is 11.7. The van der Waals surface area contributed by atoms with Crippen molar-refractivity contribution in [1.82, 2.24) is 5.32 Å². The quantitative estimate of drug-likeness (QED) is 0.769. The lowest BCUT2D eigenvalue weighted by Gasteiger charge is -2.23. The van der Waals surface area contributed by atoms with E-state index in [4.69, 9.17) is 5.73 Å². The molecule has 0 fully saturated rings. The minimum absolute atomic E-state index is 0.0198. The van der Waals surface area contributed by atoms with Crippen LogP contribution < -0.4 is 11.1 Å². The van der Waals surface area contributed by atoms with Gasteiger partial charge in [-0.15, -0.1) is 0 Å². The number of hydrogen-bond donors (Lipinski definition) is 2.